The molecule has 0 radical (unpaired) electrons. The van der Waals surface area contributed by atoms with E-state index in [0.29, 0.717) is 0 Å². The van der Waals surface area contributed by atoms with Crippen molar-refractivity contribution in [2.24, 2.45) is 0 Å². The molecule has 0 saturated heterocycles. The second-order valence-electron chi connectivity index (χ2n) is 12.4. The minimum Gasteiger partial charge on any atom is -0.455 e. The molecule has 4 heteroatoms. The van der Waals surface area contributed by atoms with Crippen LogP contribution in [0.5, 0.6) is 0 Å². The molecule has 0 aliphatic carbocycles. The van der Waals surface area contributed by atoms with Crippen LogP contribution in [0.1, 0.15) is 0 Å². The van der Waals surface area contributed by atoms with Crippen LogP contribution in [0.4, 0.5) is 0 Å². The molecule has 0 aliphatic heterocycles. The van der Waals surface area contributed by atoms with E-state index in [-0.39, 0.29) is 0 Å². The summed E-state index contributed by atoms with van der Waals surface area (Å²) >= 11 is 0. The third-order valence-electron chi connectivity index (χ3n) is 9.47. The van der Waals surface area contributed by atoms with E-state index in [4.69, 9.17) is 19.4 Å². The summed E-state index contributed by atoms with van der Waals surface area (Å²) in [5, 5.41) is 6.53. The molecule has 0 atom stereocenters. The van der Waals surface area contributed by atoms with Gasteiger partial charge in [0.05, 0.1) is 22.4 Å². The third-order valence-corrected chi connectivity index (χ3v) is 9.47. The first-order valence-corrected chi connectivity index (χ1v) is 16.4. The Bertz CT molecular complexity index is 2870. The molecule has 0 N–H and O–H groups in total. The van der Waals surface area contributed by atoms with E-state index in [0.717, 1.165) is 99.5 Å². The molecule has 4 nitrogen and oxygen atoms in total. The van der Waals surface area contributed by atoms with Crippen molar-refractivity contribution in [3.8, 4) is 45.0 Å². The average Bonchev–Trinajstić information content (AvgIpc) is 3.56. The molecule has 3 aromatic heterocycles. The summed E-state index contributed by atoms with van der Waals surface area (Å²) in [6, 6.07) is 56.7. The van der Waals surface area contributed by atoms with Crippen LogP contribution in [0, 0.1) is 0 Å². The van der Waals surface area contributed by atoms with Crippen LogP contribution in [-0.4, -0.2) is 15.0 Å². The summed E-state index contributed by atoms with van der Waals surface area (Å²) in [6.45, 7) is 0. The normalized spacial score (nSPS) is 11.7. The number of benzene rings is 7. The number of fused-ring (bicyclic) bond motifs is 8. The van der Waals surface area contributed by atoms with Gasteiger partial charge in [-0.25, -0.2) is 15.0 Å². The first kappa shape index (κ1) is 27.5. The van der Waals surface area contributed by atoms with E-state index >= 15 is 0 Å². The molecule has 3 heterocycles. The maximum Gasteiger partial charge on any atom is 0.160 e. The van der Waals surface area contributed by atoms with Gasteiger partial charge < -0.3 is 4.42 Å². The molecule has 7 aromatic carbocycles. The highest BCUT2D eigenvalue weighted by molar-refractivity contribution is 6.24. The second-order valence-corrected chi connectivity index (χ2v) is 12.4. The summed E-state index contributed by atoms with van der Waals surface area (Å²) in [5.74, 6) is 0.723. The molecule has 0 bridgehead atoms. The van der Waals surface area contributed by atoms with Crippen molar-refractivity contribution in [2.75, 3.05) is 0 Å². The maximum atomic E-state index is 6.53. The maximum absolute atomic E-state index is 6.53. The number of para-hydroxylation sites is 3. The zero-order chi connectivity index (χ0) is 32.3. The lowest BCUT2D eigenvalue weighted by Gasteiger charge is -2.12. The standard InChI is InChI=1S/C45H27N3O/c1-2-11-30(12-3-1)45-47-39-19-8-5-17-36(39)42(48-45)29-23-21-28(22-24-29)31-13-10-14-32(27-31)43-37-26-25-34-33-15-6-9-20-40(33)49-44(34)41(37)35-16-4-7-18-38(35)46-43/h1-27H. The van der Waals surface area contributed by atoms with E-state index in [1.807, 2.05) is 48.5 Å². The lowest BCUT2D eigenvalue weighted by Crippen LogP contribution is -1.95. The minimum absolute atomic E-state index is 0.723. The van der Waals surface area contributed by atoms with Crippen LogP contribution in [0.3, 0.4) is 0 Å². The molecule has 10 aromatic rings. The Balaban J connectivity index is 1.10. The first-order valence-electron chi connectivity index (χ1n) is 16.4. The van der Waals surface area contributed by atoms with Crippen molar-refractivity contribution in [2.45, 2.75) is 0 Å². The Morgan fingerprint density at radius 1 is 0.347 bits per heavy atom. The topological polar surface area (TPSA) is 51.8 Å². The molecule has 0 aliphatic rings. The minimum atomic E-state index is 0.723. The summed E-state index contributed by atoms with van der Waals surface area (Å²) in [6.07, 6.45) is 0. The number of rotatable bonds is 4. The van der Waals surface area contributed by atoms with Gasteiger partial charge in [-0.1, -0.05) is 133 Å². The summed E-state index contributed by atoms with van der Waals surface area (Å²) in [7, 11) is 0. The van der Waals surface area contributed by atoms with Gasteiger partial charge in [0.1, 0.15) is 11.2 Å². The van der Waals surface area contributed by atoms with Gasteiger partial charge in [-0.3, -0.25) is 0 Å². The number of aromatic nitrogens is 3. The number of pyridine rings is 1. The summed E-state index contributed by atoms with van der Waals surface area (Å²) in [5.41, 5.74) is 10.9. The van der Waals surface area contributed by atoms with Gasteiger partial charge in [0, 0.05) is 49.0 Å². The van der Waals surface area contributed by atoms with Crippen molar-refractivity contribution >= 4 is 54.5 Å². The molecule has 0 saturated carbocycles. The van der Waals surface area contributed by atoms with E-state index < -0.39 is 0 Å². The Morgan fingerprint density at radius 2 is 0.959 bits per heavy atom. The van der Waals surface area contributed by atoms with Crippen molar-refractivity contribution < 1.29 is 4.42 Å². The predicted molar refractivity (Wildman–Crippen MR) is 201 cm³/mol. The molecule has 0 spiro atoms. The average molecular weight is 626 g/mol. The van der Waals surface area contributed by atoms with Gasteiger partial charge in [0.25, 0.3) is 0 Å². The smallest absolute Gasteiger partial charge is 0.160 e. The number of furan rings is 1. The lowest BCUT2D eigenvalue weighted by molar-refractivity contribution is 0.673. The molecule has 10 rings (SSSR count). The number of nitrogens with zero attached hydrogens (tertiary/aromatic N) is 3. The molecular formula is C45H27N3O. The molecule has 0 unspecified atom stereocenters. The highest BCUT2D eigenvalue weighted by Gasteiger charge is 2.18. The van der Waals surface area contributed by atoms with Crippen molar-refractivity contribution in [3.05, 3.63) is 164 Å². The SMILES string of the molecule is c1ccc(-c2nc(-c3ccc(-c4cccc(-c5nc6ccccc6c6c5ccc5c7ccccc7oc56)c4)cc3)c3ccccc3n2)cc1. The largest absolute Gasteiger partial charge is 0.455 e. The van der Waals surface area contributed by atoms with Crippen molar-refractivity contribution in [1.29, 1.82) is 0 Å². The molecule has 49 heavy (non-hydrogen) atoms. The van der Waals surface area contributed by atoms with Gasteiger partial charge in [-0.2, -0.15) is 0 Å². The first-order chi connectivity index (χ1) is 24.3. The van der Waals surface area contributed by atoms with Gasteiger partial charge in [0.15, 0.2) is 5.82 Å². The van der Waals surface area contributed by atoms with Crippen LogP contribution in [0.15, 0.2) is 168 Å². The van der Waals surface area contributed by atoms with Gasteiger partial charge in [-0.05, 0) is 41.5 Å². The Kier molecular flexibility index (Phi) is 6.15. The fourth-order valence-electron chi connectivity index (χ4n) is 7.12. The third kappa shape index (κ3) is 4.49. The number of hydrogen-bond acceptors (Lipinski definition) is 4. The summed E-state index contributed by atoms with van der Waals surface area (Å²) in [4.78, 5) is 15.2. The van der Waals surface area contributed by atoms with Gasteiger partial charge >= 0.3 is 0 Å². The van der Waals surface area contributed by atoms with E-state index in [2.05, 4.69) is 115 Å². The van der Waals surface area contributed by atoms with Crippen LogP contribution < -0.4 is 0 Å². The molecular weight excluding hydrogens is 599 g/mol. The highest BCUT2D eigenvalue weighted by atomic mass is 16.3. The van der Waals surface area contributed by atoms with E-state index in [9.17, 15) is 0 Å². The van der Waals surface area contributed by atoms with E-state index in [1.54, 1.807) is 0 Å². The Hall–Kier alpha value is -6.65. The monoisotopic (exact) mass is 625 g/mol. The Labute approximate surface area is 282 Å². The van der Waals surface area contributed by atoms with Crippen LogP contribution in [0.2, 0.25) is 0 Å². The van der Waals surface area contributed by atoms with Crippen LogP contribution >= 0.6 is 0 Å². The predicted octanol–water partition coefficient (Wildman–Crippen LogP) is 11.9. The van der Waals surface area contributed by atoms with Crippen molar-refractivity contribution in [1.82, 2.24) is 15.0 Å². The van der Waals surface area contributed by atoms with Gasteiger partial charge in [-0.15, -0.1) is 0 Å². The van der Waals surface area contributed by atoms with E-state index in [1.165, 1.54) is 0 Å². The molecule has 0 fully saturated rings. The lowest BCUT2D eigenvalue weighted by atomic mass is 9.95. The van der Waals surface area contributed by atoms with Crippen LogP contribution in [0.25, 0.3) is 99.5 Å². The van der Waals surface area contributed by atoms with Gasteiger partial charge in [0.2, 0.25) is 0 Å². The zero-order valence-corrected chi connectivity index (χ0v) is 26.3. The summed E-state index contributed by atoms with van der Waals surface area (Å²) < 4.78 is 6.53. The number of hydrogen-bond donors (Lipinski definition) is 0. The molecule has 0 amide bonds. The quantitative estimate of drug-likeness (QED) is 0.183. The van der Waals surface area contributed by atoms with Crippen LogP contribution in [-0.2, 0) is 0 Å². The second kappa shape index (κ2) is 11.0. The fourth-order valence-corrected chi connectivity index (χ4v) is 7.12. The Morgan fingerprint density at radius 3 is 1.80 bits per heavy atom. The highest BCUT2D eigenvalue weighted by Crippen LogP contribution is 2.41. The van der Waals surface area contributed by atoms with Crippen molar-refractivity contribution in [3.63, 3.8) is 0 Å². The molecule has 228 valence electrons. The zero-order valence-electron chi connectivity index (χ0n) is 26.3. The fraction of sp³-hybridized carbons (Fsp3) is 0.